The summed E-state index contributed by atoms with van der Waals surface area (Å²) in [5, 5.41) is 9.39. The van der Waals surface area contributed by atoms with Crippen LogP contribution in [0.1, 0.15) is 43.2 Å². The van der Waals surface area contributed by atoms with Crippen molar-refractivity contribution in [1.29, 1.82) is 5.26 Å². The van der Waals surface area contributed by atoms with Gasteiger partial charge in [-0.2, -0.15) is 14.6 Å². The highest BCUT2D eigenvalue weighted by atomic mass is 32.2. The fourth-order valence-electron chi connectivity index (χ4n) is 6.04. The molecule has 7 nitrogen and oxygen atoms in total. The Hall–Kier alpha value is -2.89. The van der Waals surface area contributed by atoms with Crippen LogP contribution in [0.4, 0.5) is 5.69 Å². The third kappa shape index (κ3) is 5.42. The van der Waals surface area contributed by atoms with Crippen molar-refractivity contribution < 1.29 is 8.42 Å². The molecule has 0 radical (unpaired) electrons. The molecule has 0 spiro atoms. The monoisotopic (exact) mass is 505 g/mol. The van der Waals surface area contributed by atoms with E-state index in [9.17, 15) is 13.7 Å². The maximum Gasteiger partial charge on any atom is 0.218 e. The van der Waals surface area contributed by atoms with Crippen LogP contribution in [0.2, 0.25) is 0 Å². The van der Waals surface area contributed by atoms with Crippen molar-refractivity contribution in [1.82, 2.24) is 9.21 Å². The summed E-state index contributed by atoms with van der Waals surface area (Å²) in [4.78, 5) is 8.81. The molecule has 0 N–H and O–H groups in total. The van der Waals surface area contributed by atoms with E-state index in [1.165, 1.54) is 25.7 Å². The van der Waals surface area contributed by atoms with Crippen molar-refractivity contribution in [3.8, 4) is 6.19 Å². The Labute approximate surface area is 215 Å². The molecule has 8 heteroatoms. The van der Waals surface area contributed by atoms with Gasteiger partial charge in [-0.3, -0.25) is 0 Å². The second-order valence-electron chi connectivity index (χ2n) is 10.5. The molecule has 36 heavy (non-hydrogen) atoms. The highest BCUT2D eigenvalue weighted by Gasteiger charge is 2.33. The number of rotatable bonds is 6. The van der Waals surface area contributed by atoms with Gasteiger partial charge in [0.2, 0.25) is 16.2 Å². The molecule has 2 aromatic carbocycles. The van der Waals surface area contributed by atoms with E-state index in [4.69, 9.17) is 0 Å². The minimum Gasteiger partial charge on any atom is -0.370 e. The molecule has 4 fully saturated rings. The van der Waals surface area contributed by atoms with Gasteiger partial charge in [0.05, 0.1) is 5.75 Å². The lowest BCUT2D eigenvalue weighted by Crippen LogP contribution is -2.39. The molecule has 2 aromatic rings. The molecule has 190 valence electrons. The van der Waals surface area contributed by atoms with E-state index in [1.54, 1.807) is 11.4 Å². The van der Waals surface area contributed by atoms with Crippen LogP contribution in [0, 0.1) is 23.3 Å². The van der Waals surface area contributed by atoms with Crippen LogP contribution in [0.5, 0.6) is 0 Å². The number of hydrogen-bond donors (Lipinski definition) is 0. The summed E-state index contributed by atoms with van der Waals surface area (Å²) in [6, 6.07) is 17.6. The van der Waals surface area contributed by atoms with E-state index in [0.717, 1.165) is 48.7 Å². The maximum atomic E-state index is 13.0. The number of fused-ring (bicyclic) bond motifs is 4. The lowest BCUT2D eigenvalue weighted by atomic mass is 9.84. The van der Waals surface area contributed by atoms with E-state index in [1.807, 2.05) is 36.5 Å². The average Bonchev–Trinajstić information content (AvgIpc) is 3.19. The van der Waals surface area contributed by atoms with Gasteiger partial charge in [0.15, 0.2) is 0 Å². The van der Waals surface area contributed by atoms with Gasteiger partial charge in [-0.05, 0) is 73.8 Å². The second-order valence-corrected chi connectivity index (χ2v) is 12.5. The van der Waals surface area contributed by atoms with Crippen LogP contribution in [0.3, 0.4) is 0 Å². The smallest absolute Gasteiger partial charge is 0.218 e. The van der Waals surface area contributed by atoms with Gasteiger partial charge < -0.3 is 9.80 Å². The molecule has 6 rings (SSSR count). The fraction of sp³-hybridized carbons (Fsp3) is 0.500. The number of nitrogens with zero attached hydrogens (tertiary/aromatic N) is 5. The summed E-state index contributed by atoms with van der Waals surface area (Å²) < 4.78 is 27.6. The van der Waals surface area contributed by atoms with Gasteiger partial charge in [-0.15, -0.1) is 0 Å². The Kier molecular flexibility index (Phi) is 7.31. The number of nitriles is 1. The van der Waals surface area contributed by atoms with Gasteiger partial charge in [0, 0.05) is 50.5 Å². The quantitative estimate of drug-likeness (QED) is 0.336. The van der Waals surface area contributed by atoms with Crippen molar-refractivity contribution >= 4 is 21.5 Å². The van der Waals surface area contributed by atoms with Crippen molar-refractivity contribution in [2.75, 3.05) is 38.1 Å². The standard InChI is InChI=1S/C28H35N5O2S/c1-31(36(34,35)20-24-5-3-2-4-6-24)27-15-16-32(19-27)26-13-11-25(12-14-26)28(30-21-29)33-17-22-7-8-23(18-33)10-9-22/h2-6,11-14,22-23,27H,7-10,15-20H2,1H3/b30-28+. The van der Waals surface area contributed by atoms with Crippen molar-refractivity contribution in [3.63, 3.8) is 0 Å². The van der Waals surface area contributed by atoms with Crippen molar-refractivity contribution in [3.05, 3.63) is 65.7 Å². The highest BCUT2D eigenvalue weighted by molar-refractivity contribution is 7.88. The number of benzene rings is 2. The molecule has 3 saturated heterocycles. The average molecular weight is 506 g/mol. The largest absolute Gasteiger partial charge is 0.370 e. The van der Waals surface area contributed by atoms with Gasteiger partial charge in [0.1, 0.15) is 5.84 Å². The topological polar surface area (TPSA) is 80.0 Å². The Balaban J connectivity index is 1.25. The predicted octanol–water partition coefficient (Wildman–Crippen LogP) is 4.08. The lowest BCUT2D eigenvalue weighted by Gasteiger charge is -2.27. The Morgan fingerprint density at radius 3 is 2.22 bits per heavy atom. The summed E-state index contributed by atoms with van der Waals surface area (Å²) in [7, 11) is -1.69. The van der Waals surface area contributed by atoms with Crippen LogP contribution in [0.25, 0.3) is 0 Å². The normalized spacial score (nSPS) is 24.7. The van der Waals surface area contributed by atoms with Crippen LogP contribution in [-0.4, -0.2) is 62.7 Å². The molecule has 1 unspecified atom stereocenters. The van der Waals surface area contributed by atoms with Gasteiger partial charge in [-0.1, -0.05) is 30.3 Å². The summed E-state index contributed by atoms with van der Waals surface area (Å²) in [6.45, 7) is 3.44. The van der Waals surface area contributed by atoms with Gasteiger partial charge in [-0.25, -0.2) is 8.42 Å². The summed E-state index contributed by atoms with van der Waals surface area (Å²) in [5.74, 6) is 2.20. The van der Waals surface area contributed by atoms with Crippen LogP contribution < -0.4 is 4.90 Å². The molecular weight excluding hydrogens is 470 g/mol. The van der Waals surface area contributed by atoms with Gasteiger partial charge in [0.25, 0.3) is 0 Å². The Morgan fingerprint density at radius 2 is 1.61 bits per heavy atom. The van der Waals surface area contributed by atoms with Crippen molar-refractivity contribution in [2.45, 2.75) is 43.9 Å². The number of hydrogen-bond acceptors (Lipinski definition) is 5. The lowest BCUT2D eigenvalue weighted by molar-refractivity contribution is 0.326. The van der Waals surface area contributed by atoms with E-state index in [2.05, 4.69) is 39.1 Å². The molecule has 1 atom stereocenters. The first-order chi connectivity index (χ1) is 17.4. The first-order valence-corrected chi connectivity index (χ1v) is 14.6. The first-order valence-electron chi connectivity index (χ1n) is 13.0. The zero-order valence-corrected chi connectivity index (χ0v) is 21.8. The summed E-state index contributed by atoms with van der Waals surface area (Å²) >= 11 is 0. The molecular formula is C28H35N5O2S. The number of sulfonamides is 1. The minimum atomic E-state index is -3.39. The van der Waals surface area contributed by atoms with Crippen LogP contribution in [0.15, 0.2) is 59.6 Å². The van der Waals surface area contributed by atoms with Crippen molar-refractivity contribution in [2.24, 2.45) is 16.8 Å². The number of amidine groups is 1. The predicted molar refractivity (Wildman–Crippen MR) is 143 cm³/mol. The zero-order chi connectivity index (χ0) is 25.1. The summed E-state index contributed by atoms with van der Waals surface area (Å²) in [6.07, 6.45) is 7.96. The second kappa shape index (κ2) is 10.6. The number of anilines is 1. The SMILES string of the molecule is CN(C1CCN(c2ccc(/C(=N\C#N)N3CC4CCC(CC4)C3)cc2)C1)S(=O)(=O)Cc1ccccc1. The molecule has 0 amide bonds. The van der Waals surface area contributed by atoms with E-state index in [-0.39, 0.29) is 11.8 Å². The minimum absolute atomic E-state index is 0.0226. The third-order valence-electron chi connectivity index (χ3n) is 8.18. The summed E-state index contributed by atoms with van der Waals surface area (Å²) in [5.41, 5.74) is 2.85. The Bertz CT molecular complexity index is 1200. The first kappa shape index (κ1) is 24.8. The maximum absolute atomic E-state index is 13.0. The highest BCUT2D eigenvalue weighted by Crippen LogP contribution is 2.35. The molecule has 2 bridgehead atoms. The van der Waals surface area contributed by atoms with Crippen LogP contribution >= 0.6 is 0 Å². The zero-order valence-electron chi connectivity index (χ0n) is 21.0. The number of likely N-dealkylation sites (N-methyl/N-ethyl adjacent to an activating group) is 1. The molecule has 3 aliphatic heterocycles. The molecule has 1 saturated carbocycles. The molecule has 3 heterocycles. The number of aliphatic imine (C=N–C) groups is 1. The molecule has 1 aliphatic carbocycles. The van der Waals surface area contributed by atoms with Crippen LogP contribution in [-0.2, 0) is 15.8 Å². The fourth-order valence-corrected chi connectivity index (χ4v) is 7.48. The molecule has 4 aliphatic rings. The van der Waals surface area contributed by atoms with E-state index in [0.29, 0.717) is 18.4 Å². The van der Waals surface area contributed by atoms with E-state index < -0.39 is 10.0 Å². The van der Waals surface area contributed by atoms with Gasteiger partial charge >= 0.3 is 0 Å². The molecule has 0 aromatic heterocycles. The van der Waals surface area contributed by atoms with E-state index >= 15 is 0 Å². The third-order valence-corrected chi connectivity index (χ3v) is 10.1. The Morgan fingerprint density at radius 1 is 0.972 bits per heavy atom.